The monoisotopic (exact) mass is 512 g/mol. The minimum Gasteiger partial charge on any atom is -0.495 e. The molecule has 3 aromatic carbocycles. The lowest BCUT2D eigenvalue weighted by Gasteiger charge is -2.36. The van der Waals surface area contributed by atoms with Crippen LogP contribution in [-0.4, -0.2) is 61.4 Å². The Morgan fingerprint density at radius 3 is 2.34 bits per heavy atom. The van der Waals surface area contributed by atoms with Gasteiger partial charge >= 0.3 is 0 Å². The van der Waals surface area contributed by atoms with Gasteiger partial charge in [-0.3, -0.25) is 9.59 Å². The first-order chi connectivity index (χ1) is 18.5. The van der Waals surface area contributed by atoms with E-state index in [2.05, 4.69) is 30.1 Å². The average molecular weight is 513 g/mol. The molecule has 3 aromatic rings. The van der Waals surface area contributed by atoms with Gasteiger partial charge in [0.15, 0.2) is 0 Å². The van der Waals surface area contributed by atoms with Crippen molar-refractivity contribution in [2.24, 2.45) is 5.92 Å². The number of carbonyl (C=O) groups excluding carboxylic acids is 2. The highest BCUT2D eigenvalue weighted by atomic mass is 16.5. The van der Waals surface area contributed by atoms with Gasteiger partial charge in [-0.15, -0.1) is 0 Å². The number of rotatable bonds is 8. The molecule has 38 heavy (non-hydrogen) atoms. The van der Waals surface area contributed by atoms with E-state index < -0.39 is 0 Å². The van der Waals surface area contributed by atoms with E-state index >= 15 is 0 Å². The molecule has 0 aliphatic carbocycles. The number of hydrogen-bond donors (Lipinski definition) is 1. The number of methoxy groups -OCH3 is 1. The highest BCUT2D eigenvalue weighted by molar-refractivity contribution is 5.99. The van der Waals surface area contributed by atoms with Crippen molar-refractivity contribution in [1.29, 1.82) is 0 Å². The summed E-state index contributed by atoms with van der Waals surface area (Å²) >= 11 is 0. The lowest BCUT2D eigenvalue weighted by Crippen LogP contribution is -2.48. The summed E-state index contributed by atoms with van der Waals surface area (Å²) < 4.78 is 5.51. The first-order valence-corrected chi connectivity index (χ1v) is 13.4. The summed E-state index contributed by atoms with van der Waals surface area (Å²) in [5.41, 5.74) is 4.36. The Hall–Kier alpha value is -4.00. The molecule has 0 saturated carbocycles. The zero-order valence-corrected chi connectivity index (χ0v) is 22.4. The average Bonchev–Trinajstić information content (AvgIpc) is 3.22. The highest BCUT2D eigenvalue weighted by Gasteiger charge is 2.36. The van der Waals surface area contributed by atoms with E-state index in [4.69, 9.17) is 4.74 Å². The number of hydrogen-bond acceptors (Lipinski definition) is 5. The smallest absolute Gasteiger partial charge is 0.256 e. The topological polar surface area (TPSA) is 65.1 Å². The first kappa shape index (κ1) is 25.6. The third-order valence-corrected chi connectivity index (χ3v) is 7.43. The van der Waals surface area contributed by atoms with Crippen molar-refractivity contribution in [1.82, 2.24) is 9.80 Å². The molecule has 7 heteroatoms. The Balaban J connectivity index is 1.24. The minimum absolute atomic E-state index is 0.0381. The van der Waals surface area contributed by atoms with Gasteiger partial charge in [-0.25, -0.2) is 0 Å². The molecule has 7 nitrogen and oxygen atoms in total. The van der Waals surface area contributed by atoms with E-state index in [1.54, 1.807) is 7.11 Å². The van der Waals surface area contributed by atoms with Gasteiger partial charge in [0.2, 0.25) is 0 Å². The van der Waals surface area contributed by atoms with Crippen LogP contribution in [-0.2, 0) is 0 Å². The molecule has 1 N–H and O–H groups in total. The Labute approximate surface area is 225 Å². The van der Waals surface area contributed by atoms with Gasteiger partial charge < -0.3 is 24.8 Å². The third kappa shape index (κ3) is 5.19. The molecule has 1 atom stereocenters. The van der Waals surface area contributed by atoms with Crippen molar-refractivity contribution < 1.29 is 14.3 Å². The lowest BCUT2D eigenvalue weighted by molar-refractivity contribution is 0.0731. The molecular weight excluding hydrogens is 476 g/mol. The minimum atomic E-state index is -0.220. The van der Waals surface area contributed by atoms with E-state index in [0.29, 0.717) is 31.1 Å². The van der Waals surface area contributed by atoms with Crippen LogP contribution < -0.4 is 15.0 Å². The van der Waals surface area contributed by atoms with E-state index in [1.807, 2.05) is 76.5 Å². The fourth-order valence-electron chi connectivity index (χ4n) is 5.24. The number of carbonyl (C=O) groups is 2. The van der Waals surface area contributed by atoms with E-state index in [0.717, 1.165) is 47.8 Å². The van der Waals surface area contributed by atoms with Crippen molar-refractivity contribution >= 4 is 23.2 Å². The third-order valence-electron chi connectivity index (χ3n) is 7.43. The number of ether oxygens (including phenoxy) is 1. The Morgan fingerprint density at radius 1 is 0.947 bits per heavy atom. The molecule has 0 bridgehead atoms. The largest absolute Gasteiger partial charge is 0.495 e. The molecule has 0 spiro atoms. The van der Waals surface area contributed by atoms with Gasteiger partial charge in [0.05, 0.1) is 12.8 Å². The van der Waals surface area contributed by atoms with E-state index in [1.165, 1.54) is 0 Å². The van der Waals surface area contributed by atoms with Gasteiger partial charge in [0.25, 0.3) is 11.8 Å². The summed E-state index contributed by atoms with van der Waals surface area (Å²) in [4.78, 5) is 32.4. The van der Waals surface area contributed by atoms with Crippen molar-refractivity contribution in [3.8, 4) is 5.75 Å². The van der Waals surface area contributed by atoms with Crippen molar-refractivity contribution in [3.05, 3.63) is 89.5 Å². The summed E-state index contributed by atoms with van der Waals surface area (Å²) in [6, 6.07) is 23.4. The van der Waals surface area contributed by atoms with Crippen LogP contribution in [0, 0.1) is 5.92 Å². The van der Waals surface area contributed by atoms with Crippen LogP contribution in [0.2, 0.25) is 0 Å². The van der Waals surface area contributed by atoms with Crippen LogP contribution in [0.3, 0.4) is 0 Å². The predicted molar refractivity (Wildman–Crippen MR) is 151 cm³/mol. The number of para-hydroxylation sites is 2. The quantitative estimate of drug-likeness (QED) is 0.446. The molecule has 1 fully saturated rings. The maximum absolute atomic E-state index is 13.2. The number of anilines is 2. The summed E-state index contributed by atoms with van der Waals surface area (Å²) in [6.45, 7) is 7.86. The molecule has 0 radical (unpaired) electrons. The summed E-state index contributed by atoms with van der Waals surface area (Å²) in [7, 11) is 1.68. The van der Waals surface area contributed by atoms with Gasteiger partial charge in [0, 0.05) is 55.1 Å². The van der Waals surface area contributed by atoms with Crippen LogP contribution in [0.25, 0.3) is 0 Å². The number of nitrogens with one attached hydrogen (secondary N) is 1. The summed E-state index contributed by atoms with van der Waals surface area (Å²) in [6.07, 6.45) is 0.720. The van der Waals surface area contributed by atoms with Crippen LogP contribution in [0.4, 0.5) is 11.4 Å². The second-order valence-electron chi connectivity index (χ2n) is 10.3. The van der Waals surface area contributed by atoms with Crippen molar-refractivity contribution in [2.45, 2.75) is 26.4 Å². The Kier molecular flexibility index (Phi) is 7.54. The molecule has 1 saturated heterocycles. The van der Waals surface area contributed by atoms with Crippen LogP contribution >= 0.6 is 0 Å². The van der Waals surface area contributed by atoms with Gasteiger partial charge in [-0.05, 0) is 54.8 Å². The second-order valence-corrected chi connectivity index (χ2v) is 10.3. The number of nitrogens with zero attached hydrogens (tertiary/aromatic N) is 3. The molecule has 2 aliphatic rings. The molecule has 198 valence electrons. The summed E-state index contributed by atoms with van der Waals surface area (Å²) in [5, 5.41) is 3.54. The zero-order valence-electron chi connectivity index (χ0n) is 22.4. The molecule has 5 rings (SSSR count). The lowest BCUT2D eigenvalue weighted by atomic mass is 10.1. The van der Waals surface area contributed by atoms with Crippen LogP contribution in [0.15, 0.2) is 72.8 Å². The maximum Gasteiger partial charge on any atom is 0.256 e. The molecule has 2 amide bonds. The van der Waals surface area contributed by atoms with Crippen LogP contribution in [0.5, 0.6) is 5.75 Å². The van der Waals surface area contributed by atoms with Crippen molar-refractivity contribution in [2.75, 3.05) is 50.1 Å². The molecule has 1 unspecified atom stereocenters. The normalized spacial score (nSPS) is 17.1. The molecule has 0 aromatic heterocycles. The predicted octanol–water partition coefficient (Wildman–Crippen LogP) is 5.27. The van der Waals surface area contributed by atoms with E-state index in [-0.39, 0.29) is 18.0 Å². The summed E-state index contributed by atoms with van der Waals surface area (Å²) in [5.74, 6) is 1.47. The Bertz CT molecular complexity index is 1280. The number of piperazine rings is 1. The fraction of sp³-hybridized carbons (Fsp3) is 0.355. The Morgan fingerprint density at radius 2 is 1.63 bits per heavy atom. The molecule has 2 aliphatic heterocycles. The number of benzene rings is 3. The molecular formula is C31H36N4O3. The fourth-order valence-corrected chi connectivity index (χ4v) is 5.24. The first-order valence-electron chi connectivity index (χ1n) is 13.4. The van der Waals surface area contributed by atoms with Crippen molar-refractivity contribution in [3.63, 3.8) is 0 Å². The zero-order chi connectivity index (χ0) is 26.6. The SMILES string of the molecule is COc1ccccc1N1CCN(C(=O)c2ccc(NC3c4ccccc4C(=O)N3CCC(C)C)cc2)CC1. The maximum atomic E-state index is 13.2. The number of amides is 2. The molecule has 2 heterocycles. The van der Waals surface area contributed by atoms with Crippen LogP contribution in [0.1, 0.15) is 52.7 Å². The highest BCUT2D eigenvalue weighted by Crippen LogP contribution is 2.35. The second kappa shape index (κ2) is 11.2. The van der Waals surface area contributed by atoms with Gasteiger partial charge in [-0.1, -0.05) is 44.2 Å². The van der Waals surface area contributed by atoms with Gasteiger partial charge in [0.1, 0.15) is 11.9 Å². The van der Waals surface area contributed by atoms with E-state index in [9.17, 15) is 9.59 Å². The number of fused-ring (bicyclic) bond motifs is 1. The van der Waals surface area contributed by atoms with Gasteiger partial charge in [-0.2, -0.15) is 0 Å². The standard InChI is InChI=1S/C31H36N4O3/c1-22(2)16-17-35-29(25-8-4-5-9-26(25)31(35)37)32-24-14-12-23(13-15-24)30(36)34-20-18-33(19-21-34)27-10-6-7-11-28(27)38-3/h4-15,22,29,32H,16-21H2,1-3H3.